The number of aryl methyl sites for hydroxylation is 1. The van der Waals surface area contributed by atoms with Crippen molar-refractivity contribution in [2.24, 2.45) is 0 Å². The Morgan fingerprint density at radius 1 is 1.35 bits per heavy atom. The molecule has 0 aliphatic rings. The van der Waals surface area contributed by atoms with Crippen molar-refractivity contribution in [3.8, 4) is 11.8 Å². The van der Waals surface area contributed by atoms with Crippen LogP contribution in [0.5, 0.6) is 0 Å². The predicted molar refractivity (Wildman–Crippen MR) is 88.8 cm³/mol. The van der Waals surface area contributed by atoms with Gasteiger partial charge in [-0.2, -0.15) is 15.5 Å². The van der Waals surface area contributed by atoms with E-state index in [1.807, 2.05) is 12.1 Å². The molecular weight excluding hydrogens is 342 g/mol. The summed E-state index contributed by atoms with van der Waals surface area (Å²) in [5, 5.41) is 19.7. The summed E-state index contributed by atoms with van der Waals surface area (Å²) in [6.07, 6.45) is -1.36. The lowest BCUT2D eigenvalue weighted by molar-refractivity contribution is -0.117. The Morgan fingerprint density at radius 3 is 2.69 bits per heavy atom. The normalized spacial score (nSPS) is 10.7. The number of alkyl halides is 2. The predicted octanol–water partition coefficient (Wildman–Crippen LogP) is 2.83. The number of benzene rings is 1. The molecule has 0 aliphatic carbocycles. The van der Waals surface area contributed by atoms with E-state index in [1.165, 1.54) is 21.6 Å². The van der Waals surface area contributed by atoms with Crippen molar-refractivity contribution in [3.05, 3.63) is 59.5 Å². The highest BCUT2D eigenvalue weighted by Crippen LogP contribution is 2.20. The van der Waals surface area contributed by atoms with Crippen LogP contribution in [-0.4, -0.2) is 25.5 Å². The Balaban J connectivity index is 1.84. The SMILES string of the molecule is Cc1cc(C(F)F)nn1CC(=O)Nc1c(C#N)cnn1-c1ccccc1. The molecule has 0 unspecified atom stereocenters. The summed E-state index contributed by atoms with van der Waals surface area (Å²) < 4.78 is 28.1. The Labute approximate surface area is 147 Å². The van der Waals surface area contributed by atoms with Crippen LogP contribution in [0.3, 0.4) is 0 Å². The van der Waals surface area contributed by atoms with Crippen LogP contribution < -0.4 is 5.32 Å². The van der Waals surface area contributed by atoms with Gasteiger partial charge in [0, 0.05) is 5.69 Å². The van der Waals surface area contributed by atoms with E-state index in [1.54, 1.807) is 31.2 Å². The van der Waals surface area contributed by atoms with Crippen LogP contribution in [0.15, 0.2) is 42.6 Å². The Morgan fingerprint density at radius 2 is 2.08 bits per heavy atom. The van der Waals surface area contributed by atoms with Crippen molar-refractivity contribution in [1.82, 2.24) is 19.6 Å². The topological polar surface area (TPSA) is 88.5 Å². The Hall–Kier alpha value is -3.54. The summed E-state index contributed by atoms with van der Waals surface area (Å²) in [7, 11) is 0. The summed E-state index contributed by atoms with van der Waals surface area (Å²) in [5.41, 5.74) is 0.905. The van der Waals surface area contributed by atoms with Gasteiger partial charge in [0.1, 0.15) is 23.9 Å². The van der Waals surface area contributed by atoms with Gasteiger partial charge in [0.05, 0.1) is 11.9 Å². The minimum atomic E-state index is -2.71. The van der Waals surface area contributed by atoms with Crippen LogP contribution in [0, 0.1) is 18.3 Å². The third-order valence-electron chi connectivity index (χ3n) is 3.67. The molecule has 0 fully saturated rings. The molecule has 3 aromatic rings. The molecule has 7 nitrogen and oxygen atoms in total. The molecule has 1 aromatic carbocycles. The number of amides is 1. The van der Waals surface area contributed by atoms with Gasteiger partial charge in [-0.15, -0.1) is 0 Å². The van der Waals surface area contributed by atoms with Gasteiger partial charge in [0.2, 0.25) is 5.91 Å². The van der Waals surface area contributed by atoms with Crippen molar-refractivity contribution < 1.29 is 13.6 Å². The van der Waals surface area contributed by atoms with Crippen molar-refractivity contribution in [2.45, 2.75) is 19.9 Å². The lowest BCUT2D eigenvalue weighted by Crippen LogP contribution is -2.22. The standard InChI is InChI=1S/C17H14F2N6O/c1-11-7-14(16(18)19)23-24(11)10-15(26)22-17-12(8-20)9-21-25(17)13-5-3-2-4-6-13/h2-7,9,16H,10H2,1H3,(H,22,26). The number of para-hydroxylation sites is 1. The van der Waals surface area contributed by atoms with Gasteiger partial charge in [0.15, 0.2) is 5.82 Å². The van der Waals surface area contributed by atoms with Crippen molar-refractivity contribution in [1.29, 1.82) is 5.26 Å². The van der Waals surface area contributed by atoms with Gasteiger partial charge in [-0.25, -0.2) is 13.5 Å². The molecule has 0 spiro atoms. The molecule has 0 atom stereocenters. The van der Waals surface area contributed by atoms with Crippen molar-refractivity contribution in [3.63, 3.8) is 0 Å². The fourth-order valence-corrected chi connectivity index (χ4v) is 2.43. The van der Waals surface area contributed by atoms with E-state index in [0.29, 0.717) is 11.4 Å². The number of halogens is 2. The molecule has 26 heavy (non-hydrogen) atoms. The van der Waals surface area contributed by atoms with E-state index in [0.717, 1.165) is 0 Å². The number of anilines is 1. The number of carbonyl (C=O) groups excluding carboxylic acids is 1. The molecule has 1 amide bonds. The average Bonchev–Trinajstić information content (AvgIpc) is 3.19. The monoisotopic (exact) mass is 356 g/mol. The van der Waals surface area contributed by atoms with E-state index >= 15 is 0 Å². The van der Waals surface area contributed by atoms with Gasteiger partial charge < -0.3 is 5.32 Å². The average molecular weight is 356 g/mol. The lowest BCUT2D eigenvalue weighted by atomic mass is 10.3. The first-order valence-corrected chi connectivity index (χ1v) is 7.65. The molecule has 0 radical (unpaired) electrons. The quantitative estimate of drug-likeness (QED) is 0.761. The summed E-state index contributed by atoms with van der Waals surface area (Å²) in [5.74, 6) is -0.297. The maximum atomic E-state index is 12.7. The molecule has 2 aromatic heterocycles. The fourth-order valence-electron chi connectivity index (χ4n) is 2.43. The largest absolute Gasteiger partial charge is 0.308 e. The van der Waals surface area contributed by atoms with E-state index in [9.17, 15) is 18.8 Å². The molecule has 0 saturated carbocycles. The number of aromatic nitrogens is 4. The number of hydrogen-bond donors (Lipinski definition) is 1. The number of nitrogens with zero attached hydrogens (tertiary/aromatic N) is 5. The second kappa shape index (κ2) is 7.14. The Bertz CT molecular complexity index is 971. The van der Waals surface area contributed by atoms with Crippen LogP contribution in [0.25, 0.3) is 5.69 Å². The van der Waals surface area contributed by atoms with Gasteiger partial charge in [-0.3, -0.25) is 9.48 Å². The zero-order valence-electron chi connectivity index (χ0n) is 13.7. The second-order valence-corrected chi connectivity index (χ2v) is 5.48. The fraction of sp³-hybridized carbons (Fsp3) is 0.176. The van der Waals surface area contributed by atoms with Gasteiger partial charge >= 0.3 is 0 Å². The molecule has 0 saturated heterocycles. The molecule has 0 aliphatic heterocycles. The molecule has 132 valence electrons. The minimum absolute atomic E-state index is 0.188. The maximum absolute atomic E-state index is 12.7. The number of hydrogen-bond acceptors (Lipinski definition) is 4. The van der Waals surface area contributed by atoms with Crippen LogP contribution >= 0.6 is 0 Å². The first kappa shape index (κ1) is 17.3. The first-order valence-electron chi connectivity index (χ1n) is 7.65. The zero-order chi connectivity index (χ0) is 18.7. The van der Waals surface area contributed by atoms with Crippen molar-refractivity contribution >= 4 is 11.7 Å². The molecule has 3 rings (SSSR count). The zero-order valence-corrected chi connectivity index (χ0v) is 13.7. The second-order valence-electron chi connectivity index (χ2n) is 5.48. The lowest BCUT2D eigenvalue weighted by Gasteiger charge is -2.10. The summed E-state index contributed by atoms with van der Waals surface area (Å²) in [6.45, 7) is 1.32. The van der Waals surface area contributed by atoms with Gasteiger partial charge in [0.25, 0.3) is 6.43 Å². The van der Waals surface area contributed by atoms with Crippen LogP contribution in [0.1, 0.15) is 23.4 Å². The number of rotatable bonds is 5. The van der Waals surface area contributed by atoms with Crippen LogP contribution in [0.4, 0.5) is 14.6 Å². The summed E-state index contributed by atoms with van der Waals surface area (Å²) in [4.78, 5) is 12.4. The molecule has 1 N–H and O–H groups in total. The van der Waals surface area contributed by atoms with Gasteiger partial charge in [-0.05, 0) is 25.1 Å². The van der Waals surface area contributed by atoms with Gasteiger partial charge in [-0.1, -0.05) is 18.2 Å². The molecule has 9 heteroatoms. The van der Waals surface area contributed by atoms with Crippen molar-refractivity contribution in [2.75, 3.05) is 5.32 Å². The first-order chi connectivity index (χ1) is 12.5. The van der Waals surface area contributed by atoms with Crippen LogP contribution in [-0.2, 0) is 11.3 Å². The third-order valence-corrected chi connectivity index (χ3v) is 3.67. The highest BCUT2D eigenvalue weighted by atomic mass is 19.3. The van der Waals surface area contributed by atoms with E-state index < -0.39 is 12.3 Å². The number of carbonyl (C=O) groups is 1. The minimum Gasteiger partial charge on any atom is -0.308 e. The number of nitriles is 1. The smallest absolute Gasteiger partial charge is 0.282 e. The highest BCUT2D eigenvalue weighted by molar-refractivity contribution is 5.91. The van der Waals surface area contributed by atoms with E-state index in [-0.39, 0.29) is 23.6 Å². The van der Waals surface area contributed by atoms with E-state index in [2.05, 4.69) is 15.5 Å². The van der Waals surface area contributed by atoms with E-state index in [4.69, 9.17) is 0 Å². The highest BCUT2D eigenvalue weighted by Gasteiger charge is 2.18. The Kier molecular flexibility index (Phi) is 4.75. The molecule has 2 heterocycles. The van der Waals surface area contributed by atoms with Crippen LogP contribution in [0.2, 0.25) is 0 Å². The maximum Gasteiger partial charge on any atom is 0.282 e. The summed E-state index contributed by atoms with van der Waals surface area (Å²) >= 11 is 0. The summed E-state index contributed by atoms with van der Waals surface area (Å²) in [6, 6.07) is 12.2. The third kappa shape index (κ3) is 3.44. The number of nitrogens with one attached hydrogen (secondary N) is 1. The molecule has 0 bridgehead atoms. The molecular formula is C17H14F2N6O.